The summed E-state index contributed by atoms with van der Waals surface area (Å²) in [4.78, 5) is 41.7. The van der Waals surface area contributed by atoms with Gasteiger partial charge in [-0.25, -0.2) is 13.2 Å². The van der Waals surface area contributed by atoms with E-state index in [1.54, 1.807) is 11.0 Å². The first-order valence-corrected chi connectivity index (χ1v) is 11.0. The molecule has 5 rings (SSSR count). The van der Waals surface area contributed by atoms with E-state index < -0.39 is 46.7 Å². The summed E-state index contributed by atoms with van der Waals surface area (Å²) in [5.74, 6) is -4.26. The van der Waals surface area contributed by atoms with Gasteiger partial charge in [0.05, 0.1) is 29.3 Å². The fraction of sp³-hybridized carbons (Fsp3) is 0.115. The largest absolute Gasteiger partial charge is 0.344 e. The molecule has 2 aliphatic heterocycles. The zero-order valence-corrected chi connectivity index (χ0v) is 18.9. The van der Waals surface area contributed by atoms with Crippen LogP contribution in [-0.2, 0) is 14.4 Å². The number of nitrogens with zero attached hydrogens (tertiary/aromatic N) is 2. The second-order valence-electron chi connectivity index (χ2n) is 8.28. The Labute approximate surface area is 203 Å². The summed E-state index contributed by atoms with van der Waals surface area (Å²) in [6.45, 7) is 1.14. The molecule has 0 spiro atoms. The van der Waals surface area contributed by atoms with Gasteiger partial charge < -0.3 is 15.5 Å². The molecule has 0 saturated heterocycles. The summed E-state index contributed by atoms with van der Waals surface area (Å²) in [7, 11) is 0. The highest BCUT2D eigenvalue weighted by atomic mass is 19.1. The van der Waals surface area contributed by atoms with Crippen molar-refractivity contribution in [3.05, 3.63) is 95.6 Å². The summed E-state index contributed by atoms with van der Waals surface area (Å²) in [6, 6.07) is 13.7. The highest BCUT2D eigenvalue weighted by Gasteiger charge is 2.46. The number of hydrogen-bond acceptors (Lipinski definition) is 5. The SMILES string of the molecule is CC(=O)NC1CN2C(=C(C(=O)Nc3ccccc3F)C1=O)N(c1ccccc1F)c1cc(F)ccc12. The van der Waals surface area contributed by atoms with E-state index in [1.165, 1.54) is 60.4 Å². The second kappa shape index (κ2) is 8.88. The third kappa shape index (κ3) is 3.86. The van der Waals surface area contributed by atoms with Crippen LogP contribution in [0.1, 0.15) is 6.92 Å². The number of nitrogens with one attached hydrogen (secondary N) is 2. The van der Waals surface area contributed by atoms with Crippen LogP contribution in [0.2, 0.25) is 0 Å². The molecule has 2 amide bonds. The summed E-state index contributed by atoms with van der Waals surface area (Å²) < 4.78 is 43.6. The number of ketones is 1. The molecule has 7 nitrogen and oxygen atoms in total. The maximum atomic E-state index is 15.0. The summed E-state index contributed by atoms with van der Waals surface area (Å²) in [5.41, 5.74) is -0.0428. The predicted molar refractivity (Wildman–Crippen MR) is 127 cm³/mol. The fourth-order valence-electron chi connectivity index (χ4n) is 4.43. The van der Waals surface area contributed by atoms with Crippen molar-refractivity contribution in [2.24, 2.45) is 0 Å². The van der Waals surface area contributed by atoms with Gasteiger partial charge in [-0.3, -0.25) is 19.3 Å². The molecule has 0 aliphatic carbocycles. The van der Waals surface area contributed by atoms with Crippen molar-refractivity contribution in [3.63, 3.8) is 0 Å². The lowest BCUT2D eigenvalue weighted by molar-refractivity contribution is -0.126. The minimum absolute atomic E-state index is 0.0242. The van der Waals surface area contributed by atoms with Crippen molar-refractivity contribution >= 4 is 40.3 Å². The van der Waals surface area contributed by atoms with Gasteiger partial charge in [-0.15, -0.1) is 0 Å². The Kier molecular flexibility index (Phi) is 5.71. The maximum absolute atomic E-state index is 15.0. The van der Waals surface area contributed by atoms with E-state index in [1.807, 2.05) is 0 Å². The van der Waals surface area contributed by atoms with Crippen LogP contribution in [0.3, 0.4) is 0 Å². The van der Waals surface area contributed by atoms with Gasteiger partial charge in [0.15, 0.2) is 5.78 Å². The van der Waals surface area contributed by atoms with Crippen LogP contribution in [-0.4, -0.2) is 30.2 Å². The van der Waals surface area contributed by atoms with Crippen LogP contribution in [0, 0.1) is 17.5 Å². The Hall–Kier alpha value is -4.60. The number of amides is 2. The summed E-state index contributed by atoms with van der Waals surface area (Å²) >= 11 is 0. The van der Waals surface area contributed by atoms with Crippen molar-refractivity contribution in [1.82, 2.24) is 5.32 Å². The van der Waals surface area contributed by atoms with Gasteiger partial charge in [0.2, 0.25) is 5.91 Å². The van der Waals surface area contributed by atoms with E-state index >= 15 is 0 Å². The molecule has 2 aliphatic rings. The molecule has 0 saturated carbocycles. The van der Waals surface area contributed by atoms with Gasteiger partial charge >= 0.3 is 0 Å². The number of carbonyl (C=O) groups excluding carboxylic acids is 3. The molecule has 3 aromatic rings. The van der Waals surface area contributed by atoms with Gasteiger partial charge in [-0.05, 0) is 36.4 Å². The van der Waals surface area contributed by atoms with Crippen molar-refractivity contribution in [1.29, 1.82) is 0 Å². The predicted octanol–water partition coefficient (Wildman–Crippen LogP) is 4.00. The lowest BCUT2D eigenvalue weighted by atomic mass is 9.97. The highest BCUT2D eigenvalue weighted by Crippen LogP contribution is 2.49. The Morgan fingerprint density at radius 1 is 0.889 bits per heavy atom. The zero-order chi connectivity index (χ0) is 25.6. The van der Waals surface area contributed by atoms with Gasteiger partial charge in [-0.1, -0.05) is 24.3 Å². The Morgan fingerprint density at radius 3 is 2.28 bits per heavy atom. The van der Waals surface area contributed by atoms with E-state index in [4.69, 9.17) is 0 Å². The lowest BCUT2D eigenvalue weighted by Crippen LogP contribution is -2.54. The van der Waals surface area contributed by atoms with Crippen LogP contribution >= 0.6 is 0 Å². The topological polar surface area (TPSA) is 81.8 Å². The highest BCUT2D eigenvalue weighted by molar-refractivity contribution is 6.28. The lowest BCUT2D eigenvalue weighted by Gasteiger charge is -2.35. The van der Waals surface area contributed by atoms with Crippen LogP contribution in [0.15, 0.2) is 78.1 Å². The Morgan fingerprint density at radius 2 is 1.58 bits per heavy atom. The molecule has 2 heterocycles. The third-order valence-corrected chi connectivity index (χ3v) is 5.91. The fourth-order valence-corrected chi connectivity index (χ4v) is 4.43. The smallest absolute Gasteiger partial charge is 0.263 e. The normalized spacial score (nSPS) is 16.6. The second-order valence-corrected chi connectivity index (χ2v) is 8.28. The van der Waals surface area contributed by atoms with Crippen LogP contribution in [0.5, 0.6) is 0 Å². The average molecular weight is 492 g/mol. The molecule has 0 fully saturated rings. The number of para-hydroxylation sites is 2. The molecule has 1 unspecified atom stereocenters. The van der Waals surface area contributed by atoms with E-state index in [0.717, 1.165) is 12.1 Å². The summed E-state index contributed by atoms with van der Waals surface area (Å²) in [6.07, 6.45) is 0. The number of fused-ring (bicyclic) bond motifs is 3. The molecule has 10 heteroatoms. The minimum atomic E-state index is -1.13. The third-order valence-electron chi connectivity index (χ3n) is 5.91. The molecular formula is C26H19F3N4O3. The van der Waals surface area contributed by atoms with E-state index in [-0.39, 0.29) is 29.4 Å². The monoisotopic (exact) mass is 492 g/mol. The molecule has 0 radical (unpaired) electrons. The van der Waals surface area contributed by atoms with Crippen molar-refractivity contribution < 1.29 is 27.6 Å². The number of carbonyl (C=O) groups is 3. The minimum Gasteiger partial charge on any atom is -0.344 e. The molecule has 182 valence electrons. The molecule has 36 heavy (non-hydrogen) atoms. The van der Waals surface area contributed by atoms with Crippen molar-refractivity contribution in [2.45, 2.75) is 13.0 Å². The van der Waals surface area contributed by atoms with Crippen LogP contribution < -0.4 is 20.4 Å². The van der Waals surface area contributed by atoms with Crippen molar-refractivity contribution in [3.8, 4) is 0 Å². The molecule has 3 aromatic carbocycles. The number of Topliss-reactive ketones (excluding diaryl/α,β-unsaturated/α-hetero) is 1. The van der Waals surface area contributed by atoms with Gasteiger partial charge in [-0.2, -0.15) is 0 Å². The average Bonchev–Trinajstić information content (AvgIpc) is 3.13. The maximum Gasteiger partial charge on any atom is 0.263 e. The summed E-state index contributed by atoms with van der Waals surface area (Å²) in [5, 5.41) is 4.92. The van der Waals surface area contributed by atoms with Gasteiger partial charge in [0.25, 0.3) is 5.91 Å². The van der Waals surface area contributed by atoms with Crippen LogP contribution in [0.25, 0.3) is 0 Å². The number of hydrogen-bond donors (Lipinski definition) is 2. The van der Waals surface area contributed by atoms with Crippen LogP contribution in [0.4, 0.5) is 35.9 Å². The molecule has 1 atom stereocenters. The molecular weight excluding hydrogens is 473 g/mol. The van der Waals surface area contributed by atoms with Gasteiger partial charge in [0.1, 0.15) is 34.9 Å². The number of anilines is 4. The first kappa shape index (κ1) is 23.2. The number of halogens is 3. The Balaban J connectivity index is 1.74. The van der Waals surface area contributed by atoms with E-state index in [9.17, 15) is 27.6 Å². The van der Waals surface area contributed by atoms with Gasteiger partial charge in [0, 0.05) is 13.0 Å². The zero-order valence-electron chi connectivity index (χ0n) is 18.9. The molecule has 0 aromatic heterocycles. The standard InChI is InChI=1S/C26H19F3N4O3/c1-14(34)30-19-13-32-21-11-10-15(27)12-22(21)33(20-9-5-3-7-17(20)29)26(32)23(24(19)35)25(36)31-18-8-4-2-6-16(18)28/h2-12,19H,13H2,1H3,(H,30,34)(H,31,36). The first-order chi connectivity index (χ1) is 17.3. The molecule has 2 N–H and O–H groups in total. The number of benzene rings is 3. The van der Waals surface area contributed by atoms with E-state index in [2.05, 4.69) is 10.6 Å². The quantitative estimate of drug-likeness (QED) is 0.539. The van der Waals surface area contributed by atoms with E-state index in [0.29, 0.717) is 5.69 Å². The van der Waals surface area contributed by atoms with Crippen molar-refractivity contribution in [2.75, 3.05) is 21.7 Å². The Bertz CT molecular complexity index is 1460. The first-order valence-electron chi connectivity index (χ1n) is 11.0. The molecule has 0 bridgehead atoms. The number of rotatable bonds is 4.